The topological polar surface area (TPSA) is 75.3 Å². The number of guanidine groups is 1. The van der Waals surface area contributed by atoms with Crippen LogP contribution in [0.15, 0.2) is 27.0 Å². The van der Waals surface area contributed by atoms with Crippen molar-refractivity contribution in [3.8, 4) is 0 Å². The molecule has 1 unspecified atom stereocenters. The van der Waals surface area contributed by atoms with E-state index in [4.69, 9.17) is 4.52 Å². The van der Waals surface area contributed by atoms with E-state index in [1.807, 2.05) is 0 Å². The van der Waals surface area contributed by atoms with Crippen LogP contribution in [0.1, 0.15) is 29.4 Å². The average molecular weight is 293 g/mol. The van der Waals surface area contributed by atoms with Crippen molar-refractivity contribution in [2.75, 3.05) is 13.6 Å². The van der Waals surface area contributed by atoms with E-state index >= 15 is 0 Å². The maximum Gasteiger partial charge on any atom is 0.246 e. The zero-order valence-electron chi connectivity index (χ0n) is 11.9. The normalized spacial score (nSPS) is 13.2. The molecule has 0 saturated carbocycles. The highest BCUT2D eigenvalue weighted by molar-refractivity contribution is 7.10. The number of aryl methyl sites for hydroxylation is 1. The summed E-state index contributed by atoms with van der Waals surface area (Å²) in [6.45, 7) is 5.27. The Morgan fingerprint density at radius 3 is 2.95 bits per heavy atom. The Kier molecular flexibility index (Phi) is 5.11. The van der Waals surface area contributed by atoms with E-state index in [1.165, 1.54) is 4.88 Å². The fourth-order valence-corrected chi connectivity index (χ4v) is 2.50. The second kappa shape index (κ2) is 7.04. The van der Waals surface area contributed by atoms with Crippen LogP contribution in [0.25, 0.3) is 0 Å². The summed E-state index contributed by atoms with van der Waals surface area (Å²) in [4.78, 5) is 9.66. The van der Waals surface area contributed by atoms with Crippen LogP contribution in [0.2, 0.25) is 0 Å². The third-order valence-corrected chi connectivity index (χ3v) is 3.91. The van der Waals surface area contributed by atoms with E-state index in [9.17, 15) is 0 Å². The molecule has 0 aliphatic carbocycles. The molecule has 0 bridgehead atoms. The van der Waals surface area contributed by atoms with Gasteiger partial charge in [-0.1, -0.05) is 18.1 Å². The molecule has 0 aliphatic heterocycles. The van der Waals surface area contributed by atoms with Crippen molar-refractivity contribution >= 4 is 17.3 Å². The average Bonchev–Trinajstić information content (AvgIpc) is 3.10. The molecule has 2 aromatic heterocycles. The number of nitrogens with one attached hydrogen (secondary N) is 2. The van der Waals surface area contributed by atoms with Crippen molar-refractivity contribution in [1.82, 2.24) is 20.8 Å². The SMILES string of the molecule is CN=C(NCc1nc(C)no1)NCC(C)c1cccs1. The summed E-state index contributed by atoms with van der Waals surface area (Å²) in [6, 6.07) is 4.22. The highest BCUT2D eigenvalue weighted by Gasteiger charge is 2.08. The molecule has 7 heteroatoms. The van der Waals surface area contributed by atoms with Crippen LogP contribution in [0.3, 0.4) is 0 Å². The minimum Gasteiger partial charge on any atom is -0.356 e. The Labute approximate surface area is 122 Å². The van der Waals surface area contributed by atoms with Crippen LogP contribution < -0.4 is 10.6 Å². The maximum atomic E-state index is 5.04. The molecule has 0 aromatic carbocycles. The molecule has 0 amide bonds. The predicted molar refractivity (Wildman–Crippen MR) is 80.0 cm³/mol. The first kappa shape index (κ1) is 14.5. The quantitative estimate of drug-likeness (QED) is 0.650. The molecule has 2 rings (SSSR count). The van der Waals surface area contributed by atoms with Gasteiger partial charge in [0.25, 0.3) is 0 Å². The van der Waals surface area contributed by atoms with Gasteiger partial charge in [-0.25, -0.2) is 0 Å². The zero-order valence-corrected chi connectivity index (χ0v) is 12.7. The lowest BCUT2D eigenvalue weighted by atomic mass is 10.1. The van der Waals surface area contributed by atoms with E-state index in [0.717, 1.165) is 12.5 Å². The Hall–Kier alpha value is -1.89. The van der Waals surface area contributed by atoms with Crippen LogP contribution in [-0.2, 0) is 6.54 Å². The van der Waals surface area contributed by atoms with Gasteiger partial charge < -0.3 is 15.2 Å². The minimum atomic E-state index is 0.444. The lowest BCUT2D eigenvalue weighted by Gasteiger charge is -2.14. The molecule has 2 heterocycles. The molecule has 0 aliphatic rings. The van der Waals surface area contributed by atoms with Crippen molar-refractivity contribution in [3.63, 3.8) is 0 Å². The van der Waals surface area contributed by atoms with Crippen molar-refractivity contribution < 1.29 is 4.52 Å². The van der Waals surface area contributed by atoms with Gasteiger partial charge in [-0.15, -0.1) is 11.3 Å². The summed E-state index contributed by atoms with van der Waals surface area (Å²) in [5, 5.41) is 12.3. The summed E-state index contributed by atoms with van der Waals surface area (Å²) in [5.41, 5.74) is 0. The maximum absolute atomic E-state index is 5.04. The van der Waals surface area contributed by atoms with Gasteiger partial charge in [-0.3, -0.25) is 4.99 Å². The first-order valence-electron chi connectivity index (χ1n) is 6.46. The molecule has 1 atom stereocenters. The molecule has 0 radical (unpaired) electrons. The Balaban J connectivity index is 1.78. The molecule has 0 saturated heterocycles. The second-order valence-electron chi connectivity index (χ2n) is 4.46. The second-order valence-corrected chi connectivity index (χ2v) is 5.44. The smallest absolute Gasteiger partial charge is 0.246 e. The van der Waals surface area contributed by atoms with Gasteiger partial charge >= 0.3 is 0 Å². The third-order valence-electron chi connectivity index (χ3n) is 2.80. The standard InChI is InChI=1S/C13H19N5OS/c1-9(11-5-4-6-20-11)7-15-13(14-3)16-8-12-17-10(2)18-19-12/h4-6,9H,7-8H2,1-3H3,(H2,14,15,16). The summed E-state index contributed by atoms with van der Waals surface area (Å²) in [6.07, 6.45) is 0. The number of aliphatic imine (C=N–C) groups is 1. The molecule has 108 valence electrons. The molecular weight excluding hydrogens is 274 g/mol. The Bertz CT molecular complexity index is 549. The number of hydrogen-bond acceptors (Lipinski definition) is 5. The number of thiophene rings is 1. The third kappa shape index (κ3) is 4.06. The highest BCUT2D eigenvalue weighted by atomic mass is 32.1. The van der Waals surface area contributed by atoms with Crippen molar-refractivity contribution in [2.45, 2.75) is 26.3 Å². The number of rotatable bonds is 5. The monoisotopic (exact) mass is 293 g/mol. The van der Waals surface area contributed by atoms with Crippen LogP contribution >= 0.6 is 11.3 Å². The molecular formula is C13H19N5OS. The van der Waals surface area contributed by atoms with Crippen LogP contribution in [0.5, 0.6) is 0 Å². The van der Waals surface area contributed by atoms with Gasteiger partial charge in [0, 0.05) is 24.4 Å². The zero-order chi connectivity index (χ0) is 14.4. The minimum absolute atomic E-state index is 0.444. The Morgan fingerprint density at radius 1 is 1.50 bits per heavy atom. The number of nitrogens with zero attached hydrogens (tertiary/aromatic N) is 3. The molecule has 2 aromatic rings. The van der Waals surface area contributed by atoms with Gasteiger partial charge in [0.1, 0.15) is 0 Å². The molecule has 0 spiro atoms. The van der Waals surface area contributed by atoms with Crippen LogP contribution in [-0.4, -0.2) is 29.7 Å². The predicted octanol–water partition coefficient (Wildman–Crippen LogP) is 1.91. The molecule has 6 nitrogen and oxygen atoms in total. The lowest BCUT2D eigenvalue weighted by Crippen LogP contribution is -2.38. The van der Waals surface area contributed by atoms with E-state index in [-0.39, 0.29) is 0 Å². The summed E-state index contributed by atoms with van der Waals surface area (Å²) in [7, 11) is 1.74. The number of aromatic nitrogens is 2. The van der Waals surface area contributed by atoms with E-state index < -0.39 is 0 Å². The first-order chi connectivity index (χ1) is 9.69. The van der Waals surface area contributed by atoms with Gasteiger partial charge in [0.2, 0.25) is 5.89 Å². The van der Waals surface area contributed by atoms with Gasteiger partial charge in [0.15, 0.2) is 11.8 Å². The highest BCUT2D eigenvalue weighted by Crippen LogP contribution is 2.19. The van der Waals surface area contributed by atoms with Gasteiger partial charge in [-0.05, 0) is 18.4 Å². The van der Waals surface area contributed by atoms with Gasteiger partial charge in [-0.2, -0.15) is 4.98 Å². The first-order valence-corrected chi connectivity index (χ1v) is 7.34. The van der Waals surface area contributed by atoms with Crippen molar-refractivity contribution in [3.05, 3.63) is 34.1 Å². The van der Waals surface area contributed by atoms with Crippen molar-refractivity contribution in [1.29, 1.82) is 0 Å². The van der Waals surface area contributed by atoms with Crippen molar-refractivity contribution in [2.24, 2.45) is 4.99 Å². The lowest BCUT2D eigenvalue weighted by molar-refractivity contribution is 0.371. The largest absolute Gasteiger partial charge is 0.356 e. The summed E-state index contributed by atoms with van der Waals surface area (Å²) in [5.74, 6) is 2.36. The fourth-order valence-electron chi connectivity index (χ4n) is 1.71. The van der Waals surface area contributed by atoms with Crippen LogP contribution in [0, 0.1) is 6.92 Å². The molecule has 2 N–H and O–H groups in total. The number of hydrogen-bond donors (Lipinski definition) is 2. The Morgan fingerprint density at radius 2 is 2.35 bits per heavy atom. The summed E-state index contributed by atoms with van der Waals surface area (Å²) < 4.78 is 5.04. The van der Waals surface area contributed by atoms with E-state index in [1.54, 1.807) is 25.3 Å². The van der Waals surface area contributed by atoms with E-state index in [2.05, 4.69) is 50.2 Å². The summed E-state index contributed by atoms with van der Waals surface area (Å²) >= 11 is 1.77. The molecule has 0 fully saturated rings. The van der Waals surface area contributed by atoms with Crippen LogP contribution in [0.4, 0.5) is 0 Å². The van der Waals surface area contributed by atoms with E-state index in [0.29, 0.717) is 24.2 Å². The van der Waals surface area contributed by atoms with Gasteiger partial charge in [0.05, 0.1) is 6.54 Å². The fraction of sp³-hybridized carbons (Fsp3) is 0.462. The molecule has 20 heavy (non-hydrogen) atoms.